The molecule has 2 aliphatic rings. The predicted molar refractivity (Wildman–Crippen MR) is 87.5 cm³/mol. The molecule has 0 amide bonds. The summed E-state index contributed by atoms with van der Waals surface area (Å²) in [6, 6.07) is 4.05. The second kappa shape index (κ2) is 6.62. The van der Waals surface area contributed by atoms with E-state index in [4.69, 9.17) is 9.47 Å². The van der Waals surface area contributed by atoms with Crippen LogP contribution in [0.5, 0.6) is 0 Å². The molecule has 4 heterocycles. The summed E-state index contributed by atoms with van der Waals surface area (Å²) >= 11 is 3.09. The van der Waals surface area contributed by atoms with Gasteiger partial charge in [-0.05, 0) is 24.3 Å². The van der Waals surface area contributed by atoms with E-state index in [0.29, 0.717) is 6.61 Å². The topological polar surface area (TPSA) is 66.2 Å². The molecule has 2 aromatic heterocycles. The Morgan fingerprint density at radius 1 is 1.35 bits per heavy atom. The third-order valence-electron chi connectivity index (χ3n) is 4.00. The molecule has 122 valence electrons. The molecule has 0 aromatic carbocycles. The minimum atomic E-state index is -0.182. The molecule has 4 rings (SSSR count). The molecular weight excluding hydrogens is 334 g/mol. The van der Waals surface area contributed by atoms with Crippen molar-refractivity contribution < 1.29 is 14.3 Å². The zero-order valence-electron chi connectivity index (χ0n) is 12.5. The molecule has 0 saturated carbocycles. The number of carbonyl (C=O) groups is 1. The van der Waals surface area contributed by atoms with Crippen molar-refractivity contribution in [3.63, 3.8) is 0 Å². The van der Waals surface area contributed by atoms with E-state index in [9.17, 15) is 4.79 Å². The average molecular weight is 351 g/mol. The van der Waals surface area contributed by atoms with Gasteiger partial charge >= 0.3 is 5.97 Å². The number of rotatable bonds is 5. The van der Waals surface area contributed by atoms with E-state index in [1.54, 1.807) is 11.3 Å². The maximum Gasteiger partial charge on any atom is 0.319 e. The number of ether oxygens (including phenoxy) is 2. The summed E-state index contributed by atoms with van der Waals surface area (Å²) in [7, 11) is 0. The van der Waals surface area contributed by atoms with Gasteiger partial charge in [-0.15, -0.1) is 21.5 Å². The largest absolute Gasteiger partial charge is 0.465 e. The molecular formula is C15H17N3O3S2. The zero-order chi connectivity index (χ0) is 15.6. The van der Waals surface area contributed by atoms with E-state index in [-0.39, 0.29) is 17.3 Å². The first kappa shape index (κ1) is 15.2. The Balaban J connectivity index is 1.63. The summed E-state index contributed by atoms with van der Waals surface area (Å²) in [5.74, 6) is 0.698. The van der Waals surface area contributed by atoms with Crippen molar-refractivity contribution in [3.05, 3.63) is 17.5 Å². The monoisotopic (exact) mass is 351 g/mol. The number of hydrogen-bond donors (Lipinski definition) is 0. The first-order valence-corrected chi connectivity index (χ1v) is 9.49. The van der Waals surface area contributed by atoms with Crippen molar-refractivity contribution in [3.8, 4) is 10.7 Å². The van der Waals surface area contributed by atoms with Gasteiger partial charge in [0.2, 0.25) is 0 Å². The molecule has 2 aromatic rings. The minimum absolute atomic E-state index is 0.153. The van der Waals surface area contributed by atoms with Crippen molar-refractivity contribution in [1.82, 2.24) is 14.8 Å². The summed E-state index contributed by atoms with van der Waals surface area (Å²) in [5, 5.41) is 11.3. The molecule has 2 fully saturated rings. The molecule has 2 atom stereocenters. The molecule has 23 heavy (non-hydrogen) atoms. The van der Waals surface area contributed by atoms with E-state index in [1.807, 2.05) is 17.5 Å². The highest BCUT2D eigenvalue weighted by Gasteiger charge is 2.31. The lowest BCUT2D eigenvalue weighted by atomic mass is 10.2. The molecule has 0 unspecified atom stereocenters. The highest BCUT2D eigenvalue weighted by atomic mass is 32.2. The molecule has 2 saturated heterocycles. The Bertz CT molecular complexity index is 680. The van der Waals surface area contributed by atoms with E-state index in [0.717, 1.165) is 48.3 Å². The number of thiophene rings is 1. The van der Waals surface area contributed by atoms with Crippen LogP contribution in [0.4, 0.5) is 0 Å². The third kappa shape index (κ3) is 3.15. The molecule has 0 N–H and O–H groups in total. The fraction of sp³-hybridized carbons (Fsp3) is 0.533. The van der Waals surface area contributed by atoms with Gasteiger partial charge in [-0.1, -0.05) is 17.8 Å². The van der Waals surface area contributed by atoms with Crippen LogP contribution in [0.2, 0.25) is 0 Å². The molecule has 2 aliphatic heterocycles. The van der Waals surface area contributed by atoms with E-state index in [1.165, 1.54) is 11.8 Å². The summed E-state index contributed by atoms with van der Waals surface area (Å²) in [6.07, 6.45) is 3.07. The van der Waals surface area contributed by atoms with Gasteiger partial charge in [-0.25, -0.2) is 0 Å². The first-order chi connectivity index (χ1) is 11.3. The summed E-state index contributed by atoms with van der Waals surface area (Å²) in [6.45, 7) is 2.04. The van der Waals surface area contributed by atoms with Gasteiger partial charge in [0.1, 0.15) is 5.25 Å². The molecule has 8 heteroatoms. The minimum Gasteiger partial charge on any atom is -0.465 e. The molecule has 0 radical (unpaired) electrons. The maximum absolute atomic E-state index is 11.7. The van der Waals surface area contributed by atoms with E-state index < -0.39 is 0 Å². The van der Waals surface area contributed by atoms with Crippen LogP contribution in [-0.4, -0.2) is 45.3 Å². The average Bonchev–Trinajstić information content (AvgIpc) is 3.31. The number of nitrogens with zero attached hydrogens (tertiary/aromatic N) is 3. The van der Waals surface area contributed by atoms with Crippen LogP contribution in [0.1, 0.15) is 19.3 Å². The standard InChI is InChI=1S/C15H17N3O3S2/c19-14-12(5-7-21-14)23-15-17-16-13(11-4-2-8-22-11)18(15)9-10-3-1-6-20-10/h2,4,8,10,12H,1,3,5-7,9H2/t10-,12-/m0/s1. The van der Waals surface area contributed by atoms with Crippen LogP contribution < -0.4 is 0 Å². The lowest BCUT2D eigenvalue weighted by Gasteiger charge is -2.14. The lowest BCUT2D eigenvalue weighted by molar-refractivity contribution is -0.137. The Kier molecular flexibility index (Phi) is 4.37. The molecule has 6 nitrogen and oxygen atoms in total. The smallest absolute Gasteiger partial charge is 0.319 e. The fourth-order valence-electron chi connectivity index (χ4n) is 2.83. The Morgan fingerprint density at radius 2 is 2.30 bits per heavy atom. The summed E-state index contributed by atoms with van der Waals surface area (Å²) in [4.78, 5) is 12.8. The van der Waals surface area contributed by atoms with E-state index >= 15 is 0 Å². The van der Waals surface area contributed by atoms with Crippen LogP contribution in [0, 0.1) is 0 Å². The van der Waals surface area contributed by atoms with Gasteiger partial charge < -0.3 is 9.47 Å². The van der Waals surface area contributed by atoms with Gasteiger partial charge in [-0.3, -0.25) is 9.36 Å². The fourth-order valence-corrected chi connectivity index (χ4v) is 4.56. The Morgan fingerprint density at radius 3 is 3.00 bits per heavy atom. The van der Waals surface area contributed by atoms with Crippen molar-refractivity contribution >= 4 is 29.1 Å². The number of cyclic esters (lactones) is 1. The maximum atomic E-state index is 11.7. The number of carbonyl (C=O) groups excluding carboxylic acids is 1. The van der Waals surface area contributed by atoms with Gasteiger partial charge in [0.15, 0.2) is 11.0 Å². The Labute approximate surface area is 142 Å². The Hall–Kier alpha value is -1.38. The van der Waals surface area contributed by atoms with Crippen LogP contribution in [0.25, 0.3) is 10.7 Å². The normalized spacial score (nSPS) is 24.3. The second-order valence-corrected chi connectivity index (χ2v) is 7.71. The van der Waals surface area contributed by atoms with Crippen LogP contribution in [-0.2, 0) is 20.8 Å². The number of aromatic nitrogens is 3. The zero-order valence-corrected chi connectivity index (χ0v) is 14.1. The van der Waals surface area contributed by atoms with E-state index in [2.05, 4.69) is 14.8 Å². The number of thioether (sulfide) groups is 1. The van der Waals surface area contributed by atoms with Gasteiger partial charge in [0, 0.05) is 13.0 Å². The van der Waals surface area contributed by atoms with Gasteiger partial charge in [0.05, 0.1) is 24.1 Å². The van der Waals surface area contributed by atoms with Crippen LogP contribution in [0.3, 0.4) is 0 Å². The molecule has 0 bridgehead atoms. The van der Waals surface area contributed by atoms with Crippen molar-refractivity contribution in [1.29, 1.82) is 0 Å². The summed E-state index contributed by atoms with van der Waals surface area (Å²) in [5.41, 5.74) is 0. The second-order valence-electron chi connectivity index (χ2n) is 5.59. The molecule has 0 spiro atoms. The summed E-state index contributed by atoms with van der Waals surface area (Å²) < 4.78 is 12.9. The SMILES string of the molecule is O=C1OCC[C@@H]1Sc1nnc(-c2cccs2)n1C[C@@H]1CCCO1. The molecule has 0 aliphatic carbocycles. The third-order valence-corrected chi connectivity index (χ3v) is 6.09. The lowest BCUT2D eigenvalue weighted by Crippen LogP contribution is -2.18. The van der Waals surface area contributed by atoms with Crippen molar-refractivity contribution in [2.24, 2.45) is 0 Å². The number of hydrogen-bond acceptors (Lipinski definition) is 7. The first-order valence-electron chi connectivity index (χ1n) is 7.73. The van der Waals surface area contributed by atoms with Gasteiger partial charge in [0.25, 0.3) is 0 Å². The van der Waals surface area contributed by atoms with Crippen LogP contribution >= 0.6 is 23.1 Å². The quantitative estimate of drug-likeness (QED) is 0.772. The van der Waals surface area contributed by atoms with Gasteiger partial charge in [-0.2, -0.15) is 0 Å². The van der Waals surface area contributed by atoms with Crippen LogP contribution in [0.15, 0.2) is 22.7 Å². The number of esters is 1. The van der Waals surface area contributed by atoms with Crippen molar-refractivity contribution in [2.75, 3.05) is 13.2 Å². The highest BCUT2D eigenvalue weighted by Crippen LogP contribution is 2.33. The predicted octanol–water partition coefficient (Wildman–Crippen LogP) is 2.59. The highest BCUT2D eigenvalue weighted by molar-refractivity contribution is 8.00. The van der Waals surface area contributed by atoms with Crippen molar-refractivity contribution in [2.45, 2.75) is 42.3 Å².